The Morgan fingerprint density at radius 3 is 2.19 bits per heavy atom. The molecule has 0 heterocycles. The zero-order valence-electron chi connectivity index (χ0n) is 10.8. The Labute approximate surface area is 100.0 Å². The molecule has 1 heteroatoms. The van der Waals surface area contributed by atoms with Gasteiger partial charge in [0.2, 0.25) is 0 Å². The van der Waals surface area contributed by atoms with Crippen LogP contribution in [0, 0.1) is 5.92 Å². The van der Waals surface area contributed by atoms with Gasteiger partial charge in [0.25, 0.3) is 0 Å². The lowest BCUT2D eigenvalue weighted by atomic mass is 10.2. The van der Waals surface area contributed by atoms with Gasteiger partial charge < -0.3 is 5.32 Å². The highest BCUT2D eigenvalue weighted by Crippen LogP contribution is 2.01. The van der Waals surface area contributed by atoms with E-state index >= 15 is 0 Å². The van der Waals surface area contributed by atoms with Gasteiger partial charge in [0, 0.05) is 11.9 Å². The van der Waals surface area contributed by atoms with Crippen molar-refractivity contribution in [1.82, 2.24) is 5.32 Å². The lowest BCUT2D eigenvalue weighted by Crippen LogP contribution is -2.03. The van der Waals surface area contributed by atoms with Gasteiger partial charge in [0.05, 0.1) is 0 Å². The second-order valence-corrected chi connectivity index (χ2v) is 3.78. The molecule has 16 heavy (non-hydrogen) atoms. The van der Waals surface area contributed by atoms with Crippen molar-refractivity contribution >= 4 is 0 Å². The molecule has 0 saturated heterocycles. The van der Waals surface area contributed by atoms with Crippen LogP contribution in [-0.4, -0.2) is 0 Å². The second kappa shape index (κ2) is 10.0. The van der Waals surface area contributed by atoms with Crippen LogP contribution in [0.25, 0.3) is 0 Å². The molecule has 0 radical (unpaired) electrons. The SMILES string of the molecule is C\C=C/C=C\C=C\NC(/C=C\C)=C/C(C)C. The first-order valence-corrected chi connectivity index (χ1v) is 5.76. The van der Waals surface area contributed by atoms with Crippen LogP contribution in [0.3, 0.4) is 0 Å². The van der Waals surface area contributed by atoms with Crippen molar-refractivity contribution in [2.45, 2.75) is 27.7 Å². The first kappa shape index (κ1) is 14.5. The lowest BCUT2D eigenvalue weighted by molar-refractivity contribution is 0.815. The van der Waals surface area contributed by atoms with Gasteiger partial charge in [-0.3, -0.25) is 0 Å². The molecule has 0 fully saturated rings. The third-order valence-corrected chi connectivity index (χ3v) is 1.73. The van der Waals surface area contributed by atoms with E-state index in [9.17, 15) is 0 Å². The quantitative estimate of drug-likeness (QED) is 0.653. The minimum Gasteiger partial charge on any atom is -0.362 e. The van der Waals surface area contributed by atoms with Gasteiger partial charge in [-0.25, -0.2) is 0 Å². The van der Waals surface area contributed by atoms with Gasteiger partial charge in [0.15, 0.2) is 0 Å². The Kier molecular flexibility index (Phi) is 9.09. The van der Waals surface area contributed by atoms with Gasteiger partial charge in [-0.15, -0.1) is 0 Å². The highest BCUT2D eigenvalue weighted by atomic mass is 14.8. The number of allylic oxidation sites excluding steroid dienone is 8. The highest BCUT2D eigenvalue weighted by molar-refractivity contribution is 5.20. The lowest BCUT2D eigenvalue weighted by Gasteiger charge is -2.03. The minimum absolute atomic E-state index is 0.547. The molecule has 0 saturated carbocycles. The predicted molar refractivity (Wildman–Crippen MR) is 74.0 cm³/mol. The van der Waals surface area contributed by atoms with Crippen LogP contribution in [0.5, 0.6) is 0 Å². The maximum atomic E-state index is 3.25. The average Bonchev–Trinajstić information content (AvgIpc) is 2.22. The molecule has 0 aromatic rings. The van der Waals surface area contributed by atoms with E-state index < -0.39 is 0 Å². The molecule has 0 unspecified atom stereocenters. The van der Waals surface area contributed by atoms with Crippen molar-refractivity contribution in [3.05, 3.63) is 60.5 Å². The summed E-state index contributed by atoms with van der Waals surface area (Å²) in [7, 11) is 0. The van der Waals surface area contributed by atoms with Crippen LogP contribution >= 0.6 is 0 Å². The second-order valence-electron chi connectivity index (χ2n) is 3.78. The van der Waals surface area contributed by atoms with Crippen LogP contribution in [0.15, 0.2) is 60.5 Å². The monoisotopic (exact) mass is 217 g/mol. The number of nitrogens with one attached hydrogen (secondary N) is 1. The molecule has 0 bridgehead atoms. The molecule has 1 N–H and O–H groups in total. The summed E-state index contributed by atoms with van der Waals surface area (Å²) in [4.78, 5) is 0. The van der Waals surface area contributed by atoms with E-state index in [-0.39, 0.29) is 0 Å². The first-order valence-electron chi connectivity index (χ1n) is 5.76. The van der Waals surface area contributed by atoms with Crippen molar-refractivity contribution in [1.29, 1.82) is 0 Å². The summed E-state index contributed by atoms with van der Waals surface area (Å²) in [5, 5.41) is 3.25. The van der Waals surface area contributed by atoms with E-state index in [1.165, 1.54) is 0 Å². The number of hydrogen-bond donors (Lipinski definition) is 1. The smallest absolute Gasteiger partial charge is 0.0338 e. The van der Waals surface area contributed by atoms with E-state index in [4.69, 9.17) is 0 Å². The third-order valence-electron chi connectivity index (χ3n) is 1.73. The van der Waals surface area contributed by atoms with Crippen LogP contribution in [0.1, 0.15) is 27.7 Å². The first-order chi connectivity index (χ1) is 7.70. The predicted octanol–water partition coefficient (Wildman–Crippen LogP) is 4.34. The number of hydrogen-bond acceptors (Lipinski definition) is 1. The average molecular weight is 217 g/mol. The molecular formula is C15H23N. The van der Waals surface area contributed by atoms with E-state index in [2.05, 4.69) is 31.3 Å². The van der Waals surface area contributed by atoms with Gasteiger partial charge in [-0.05, 0) is 31.9 Å². The normalized spacial score (nSPS) is 14.2. The van der Waals surface area contributed by atoms with Crippen molar-refractivity contribution in [3.8, 4) is 0 Å². The van der Waals surface area contributed by atoms with Crippen LogP contribution in [-0.2, 0) is 0 Å². The van der Waals surface area contributed by atoms with Crippen LogP contribution < -0.4 is 5.32 Å². The molecule has 0 aliphatic heterocycles. The standard InChI is InChI=1S/C15H23N/c1-5-7-8-9-10-12-16-15(11-6-2)13-14(3)4/h5-14,16H,1-4H3/b7-5-,9-8-,11-6-,12-10+,15-13+. The van der Waals surface area contributed by atoms with Crippen molar-refractivity contribution < 1.29 is 0 Å². The zero-order chi connectivity index (χ0) is 12.2. The zero-order valence-corrected chi connectivity index (χ0v) is 10.8. The Hall–Kier alpha value is -1.50. The number of rotatable bonds is 6. The van der Waals surface area contributed by atoms with Crippen LogP contribution in [0.2, 0.25) is 0 Å². The molecule has 0 aliphatic carbocycles. The molecule has 88 valence electrons. The summed E-state index contributed by atoms with van der Waals surface area (Å²) in [6.07, 6.45) is 18.2. The summed E-state index contributed by atoms with van der Waals surface area (Å²) < 4.78 is 0. The summed E-state index contributed by atoms with van der Waals surface area (Å²) in [6.45, 7) is 8.36. The Morgan fingerprint density at radius 2 is 1.62 bits per heavy atom. The molecular weight excluding hydrogens is 194 g/mol. The topological polar surface area (TPSA) is 12.0 Å². The third kappa shape index (κ3) is 9.07. The molecule has 0 aromatic carbocycles. The molecule has 0 rings (SSSR count). The maximum Gasteiger partial charge on any atom is 0.0338 e. The molecule has 1 nitrogen and oxygen atoms in total. The van der Waals surface area contributed by atoms with Gasteiger partial charge >= 0.3 is 0 Å². The summed E-state index contributed by atoms with van der Waals surface area (Å²) in [5.41, 5.74) is 1.13. The van der Waals surface area contributed by atoms with E-state index in [1.807, 2.05) is 56.5 Å². The highest BCUT2D eigenvalue weighted by Gasteiger charge is 1.90. The fraction of sp³-hybridized carbons (Fsp3) is 0.333. The van der Waals surface area contributed by atoms with Gasteiger partial charge in [-0.1, -0.05) is 50.3 Å². The van der Waals surface area contributed by atoms with Gasteiger partial charge in [0.1, 0.15) is 0 Å². The Balaban J connectivity index is 4.22. The van der Waals surface area contributed by atoms with E-state index in [0.717, 1.165) is 5.70 Å². The van der Waals surface area contributed by atoms with Crippen molar-refractivity contribution in [3.63, 3.8) is 0 Å². The molecule has 0 aliphatic rings. The van der Waals surface area contributed by atoms with Crippen molar-refractivity contribution in [2.24, 2.45) is 5.92 Å². The Morgan fingerprint density at radius 1 is 0.938 bits per heavy atom. The van der Waals surface area contributed by atoms with Crippen LogP contribution in [0.4, 0.5) is 0 Å². The van der Waals surface area contributed by atoms with Crippen molar-refractivity contribution in [2.75, 3.05) is 0 Å². The van der Waals surface area contributed by atoms with E-state index in [0.29, 0.717) is 5.92 Å². The fourth-order valence-corrected chi connectivity index (χ4v) is 1.13. The summed E-state index contributed by atoms with van der Waals surface area (Å²) >= 11 is 0. The Bertz CT molecular complexity index is 301. The molecule has 0 atom stereocenters. The largest absolute Gasteiger partial charge is 0.362 e. The summed E-state index contributed by atoms with van der Waals surface area (Å²) in [5.74, 6) is 0.547. The maximum absolute atomic E-state index is 3.25. The van der Waals surface area contributed by atoms with E-state index in [1.54, 1.807) is 0 Å². The molecule has 0 aromatic heterocycles. The minimum atomic E-state index is 0.547. The molecule has 0 amide bonds. The fourth-order valence-electron chi connectivity index (χ4n) is 1.13. The molecule has 0 spiro atoms. The van der Waals surface area contributed by atoms with Gasteiger partial charge in [-0.2, -0.15) is 0 Å². The summed E-state index contributed by atoms with van der Waals surface area (Å²) in [6, 6.07) is 0.